The van der Waals surface area contributed by atoms with Gasteiger partial charge in [0.2, 0.25) is 0 Å². The lowest BCUT2D eigenvalue weighted by atomic mass is 9.97. The minimum absolute atomic E-state index is 0.116. The standard InChI is InChI=1S/C16H21N5O/c1-10-14(6-17)11(2)21(19-10)16(22)15-8-18-7-12-9-20(3)5-4-13(12)15/h7-8H,4-6,9,17H2,1-3H3. The van der Waals surface area contributed by atoms with Gasteiger partial charge in [0.1, 0.15) is 0 Å². The Kier molecular flexibility index (Phi) is 3.80. The van der Waals surface area contributed by atoms with Crippen molar-refractivity contribution in [1.29, 1.82) is 0 Å². The third-order valence-corrected chi connectivity index (χ3v) is 4.40. The van der Waals surface area contributed by atoms with Crippen LogP contribution in [0.15, 0.2) is 12.4 Å². The van der Waals surface area contributed by atoms with E-state index in [-0.39, 0.29) is 5.91 Å². The topological polar surface area (TPSA) is 77.0 Å². The summed E-state index contributed by atoms with van der Waals surface area (Å²) >= 11 is 0. The molecule has 2 aromatic rings. The summed E-state index contributed by atoms with van der Waals surface area (Å²) in [7, 11) is 2.08. The zero-order valence-corrected chi connectivity index (χ0v) is 13.3. The lowest BCUT2D eigenvalue weighted by Crippen LogP contribution is -2.29. The molecule has 6 nitrogen and oxygen atoms in total. The van der Waals surface area contributed by atoms with Crippen molar-refractivity contribution in [3.63, 3.8) is 0 Å². The summed E-state index contributed by atoms with van der Waals surface area (Å²) in [6, 6.07) is 0. The molecule has 116 valence electrons. The molecule has 0 saturated carbocycles. The van der Waals surface area contributed by atoms with Gasteiger partial charge >= 0.3 is 0 Å². The highest BCUT2D eigenvalue weighted by atomic mass is 16.2. The molecular formula is C16H21N5O. The first-order valence-electron chi connectivity index (χ1n) is 7.47. The van der Waals surface area contributed by atoms with Crippen molar-refractivity contribution >= 4 is 5.91 Å². The molecular weight excluding hydrogens is 278 g/mol. The average molecular weight is 299 g/mol. The Morgan fingerprint density at radius 1 is 1.36 bits per heavy atom. The second kappa shape index (κ2) is 5.62. The predicted molar refractivity (Wildman–Crippen MR) is 83.6 cm³/mol. The van der Waals surface area contributed by atoms with Crippen molar-refractivity contribution in [2.45, 2.75) is 33.4 Å². The highest BCUT2D eigenvalue weighted by Crippen LogP contribution is 2.22. The number of pyridine rings is 1. The lowest BCUT2D eigenvalue weighted by Gasteiger charge is -2.25. The van der Waals surface area contributed by atoms with Gasteiger partial charge in [-0.15, -0.1) is 0 Å². The summed E-state index contributed by atoms with van der Waals surface area (Å²) in [4.78, 5) is 19.4. The molecule has 0 aromatic carbocycles. The number of aromatic nitrogens is 3. The van der Waals surface area contributed by atoms with Crippen LogP contribution in [0.5, 0.6) is 0 Å². The molecule has 1 aliphatic heterocycles. The molecule has 0 radical (unpaired) electrons. The summed E-state index contributed by atoms with van der Waals surface area (Å²) in [6.45, 7) is 5.93. The Morgan fingerprint density at radius 2 is 2.14 bits per heavy atom. The first-order chi connectivity index (χ1) is 10.5. The SMILES string of the molecule is Cc1nn(C(=O)c2cncc3c2CCN(C)C3)c(C)c1CN. The van der Waals surface area contributed by atoms with Gasteiger partial charge in [-0.05, 0) is 38.4 Å². The van der Waals surface area contributed by atoms with Gasteiger partial charge in [-0.2, -0.15) is 5.10 Å². The Labute approximate surface area is 129 Å². The van der Waals surface area contributed by atoms with E-state index < -0.39 is 0 Å². The Hall–Kier alpha value is -2.05. The van der Waals surface area contributed by atoms with Crippen LogP contribution < -0.4 is 5.73 Å². The largest absolute Gasteiger partial charge is 0.326 e. The number of fused-ring (bicyclic) bond motifs is 1. The second-order valence-corrected chi connectivity index (χ2v) is 5.88. The molecule has 0 bridgehead atoms. The minimum atomic E-state index is -0.116. The van der Waals surface area contributed by atoms with Crippen molar-refractivity contribution in [1.82, 2.24) is 19.7 Å². The van der Waals surface area contributed by atoms with E-state index in [0.717, 1.165) is 47.6 Å². The van der Waals surface area contributed by atoms with E-state index in [9.17, 15) is 4.79 Å². The monoisotopic (exact) mass is 299 g/mol. The normalized spacial score (nSPS) is 14.9. The molecule has 22 heavy (non-hydrogen) atoms. The summed E-state index contributed by atoms with van der Waals surface area (Å²) in [6.07, 6.45) is 4.37. The quantitative estimate of drug-likeness (QED) is 0.896. The molecule has 2 N–H and O–H groups in total. The molecule has 2 aromatic heterocycles. The predicted octanol–water partition coefficient (Wildman–Crippen LogP) is 1.03. The van der Waals surface area contributed by atoms with Crippen LogP contribution in [0.2, 0.25) is 0 Å². The summed E-state index contributed by atoms with van der Waals surface area (Å²) in [5.74, 6) is -0.116. The number of nitrogens with zero attached hydrogens (tertiary/aromatic N) is 4. The Bertz CT molecular complexity index is 734. The molecule has 3 rings (SSSR count). The van der Waals surface area contributed by atoms with Crippen LogP contribution in [0.4, 0.5) is 0 Å². The molecule has 0 aliphatic carbocycles. The summed E-state index contributed by atoms with van der Waals surface area (Å²) < 4.78 is 1.47. The maximum atomic E-state index is 12.9. The van der Waals surface area contributed by atoms with Gasteiger partial charge < -0.3 is 10.6 Å². The third-order valence-electron chi connectivity index (χ3n) is 4.40. The first-order valence-corrected chi connectivity index (χ1v) is 7.47. The van der Waals surface area contributed by atoms with Crippen molar-refractivity contribution in [3.05, 3.63) is 46.0 Å². The summed E-state index contributed by atoms with van der Waals surface area (Å²) in [5, 5.41) is 4.37. The van der Waals surface area contributed by atoms with E-state index in [0.29, 0.717) is 12.1 Å². The zero-order chi connectivity index (χ0) is 15.9. The fourth-order valence-electron chi connectivity index (χ4n) is 3.10. The molecule has 0 amide bonds. The molecule has 0 spiro atoms. The van der Waals surface area contributed by atoms with Gasteiger partial charge in [-0.1, -0.05) is 0 Å². The summed E-state index contributed by atoms with van der Waals surface area (Å²) in [5.41, 5.74) is 11.2. The number of carbonyl (C=O) groups is 1. The molecule has 6 heteroatoms. The number of aryl methyl sites for hydroxylation is 1. The van der Waals surface area contributed by atoms with E-state index >= 15 is 0 Å². The van der Waals surface area contributed by atoms with Crippen LogP contribution in [-0.4, -0.2) is 39.2 Å². The van der Waals surface area contributed by atoms with Crippen LogP contribution in [0.3, 0.4) is 0 Å². The van der Waals surface area contributed by atoms with Crippen molar-refractivity contribution in [2.75, 3.05) is 13.6 Å². The van der Waals surface area contributed by atoms with Gasteiger partial charge in [0, 0.05) is 43.3 Å². The number of hydrogen-bond acceptors (Lipinski definition) is 5. The number of likely N-dealkylation sites (N-methyl/N-ethyl adjacent to an activating group) is 1. The van der Waals surface area contributed by atoms with E-state index in [1.807, 2.05) is 20.0 Å². The highest BCUT2D eigenvalue weighted by molar-refractivity contribution is 5.97. The zero-order valence-electron chi connectivity index (χ0n) is 13.3. The maximum Gasteiger partial charge on any atom is 0.280 e. The van der Waals surface area contributed by atoms with Gasteiger partial charge in [-0.25, -0.2) is 4.68 Å². The lowest BCUT2D eigenvalue weighted by molar-refractivity contribution is 0.0940. The molecule has 3 heterocycles. The smallest absolute Gasteiger partial charge is 0.280 e. The number of carbonyl (C=O) groups excluding carboxylic acids is 1. The number of nitrogens with two attached hydrogens (primary N) is 1. The maximum absolute atomic E-state index is 12.9. The van der Waals surface area contributed by atoms with Gasteiger partial charge in [0.05, 0.1) is 11.3 Å². The van der Waals surface area contributed by atoms with Crippen LogP contribution in [0.1, 0.15) is 38.4 Å². The number of hydrogen-bond donors (Lipinski definition) is 1. The molecule has 0 saturated heterocycles. The fourth-order valence-corrected chi connectivity index (χ4v) is 3.10. The first kappa shape index (κ1) is 14.9. The van der Waals surface area contributed by atoms with Crippen LogP contribution in [-0.2, 0) is 19.5 Å². The number of rotatable bonds is 2. The van der Waals surface area contributed by atoms with E-state index in [1.165, 1.54) is 4.68 Å². The van der Waals surface area contributed by atoms with Crippen LogP contribution in [0, 0.1) is 13.8 Å². The van der Waals surface area contributed by atoms with Crippen molar-refractivity contribution < 1.29 is 4.79 Å². The molecule has 0 atom stereocenters. The Balaban J connectivity index is 2.05. The minimum Gasteiger partial charge on any atom is -0.326 e. The average Bonchev–Trinajstić information content (AvgIpc) is 2.79. The molecule has 1 aliphatic rings. The van der Waals surface area contributed by atoms with Crippen LogP contribution in [0.25, 0.3) is 0 Å². The third kappa shape index (κ3) is 2.34. The van der Waals surface area contributed by atoms with Gasteiger partial charge in [0.25, 0.3) is 5.91 Å². The molecule has 0 unspecified atom stereocenters. The van der Waals surface area contributed by atoms with Crippen LogP contribution >= 0.6 is 0 Å². The second-order valence-electron chi connectivity index (χ2n) is 5.88. The van der Waals surface area contributed by atoms with Crippen molar-refractivity contribution in [2.24, 2.45) is 5.73 Å². The van der Waals surface area contributed by atoms with Crippen molar-refractivity contribution in [3.8, 4) is 0 Å². The molecule has 0 fully saturated rings. The van der Waals surface area contributed by atoms with E-state index in [4.69, 9.17) is 5.73 Å². The fraction of sp³-hybridized carbons (Fsp3) is 0.438. The highest BCUT2D eigenvalue weighted by Gasteiger charge is 2.23. The Morgan fingerprint density at radius 3 is 2.82 bits per heavy atom. The van der Waals surface area contributed by atoms with E-state index in [2.05, 4.69) is 22.0 Å². The van der Waals surface area contributed by atoms with Gasteiger partial charge in [0.15, 0.2) is 0 Å². The van der Waals surface area contributed by atoms with E-state index in [1.54, 1.807) is 6.20 Å². The van der Waals surface area contributed by atoms with Gasteiger partial charge in [-0.3, -0.25) is 9.78 Å².